The maximum atomic E-state index is 12.1. The minimum Gasteiger partial charge on any atom is -0.508 e. The van der Waals surface area contributed by atoms with Gasteiger partial charge < -0.3 is 10.4 Å². The predicted molar refractivity (Wildman–Crippen MR) is 74.3 cm³/mol. The van der Waals surface area contributed by atoms with Gasteiger partial charge in [0.15, 0.2) is 0 Å². The molecule has 0 saturated heterocycles. The molecule has 1 atom stereocenters. The fourth-order valence-corrected chi connectivity index (χ4v) is 2.05. The summed E-state index contributed by atoms with van der Waals surface area (Å²) in [7, 11) is 0. The Kier molecular flexibility index (Phi) is 5.03. The SMILES string of the molecule is CCC(C)(CCCl)NC(=O)c1ccc(C)c(O)c1. The number of phenols is 1. The molecule has 1 rings (SSSR count). The molecule has 0 radical (unpaired) electrons. The van der Waals surface area contributed by atoms with Gasteiger partial charge in [-0.1, -0.05) is 13.0 Å². The number of hydrogen-bond acceptors (Lipinski definition) is 2. The van der Waals surface area contributed by atoms with Crippen molar-refractivity contribution in [3.63, 3.8) is 0 Å². The van der Waals surface area contributed by atoms with Crippen LogP contribution in [0.4, 0.5) is 0 Å². The summed E-state index contributed by atoms with van der Waals surface area (Å²) < 4.78 is 0. The smallest absolute Gasteiger partial charge is 0.251 e. The fourth-order valence-electron chi connectivity index (χ4n) is 1.63. The first-order valence-corrected chi connectivity index (χ1v) is 6.63. The molecule has 0 spiro atoms. The summed E-state index contributed by atoms with van der Waals surface area (Å²) in [6.45, 7) is 5.78. The molecule has 0 aliphatic rings. The lowest BCUT2D eigenvalue weighted by atomic mass is 9.95. The van der Waals surface area contributed by atoms with Crippen LogP contribution in [0.15, 0.2) is 18.2 Å². The fraction of sp³-hybridized carbons (Fsp3) is 0.500. The lowest BCUT2D eigenvalue weighted by Gasteiger charge is -2.29. The molecule has 0 bridgehead atoms. The number of alkyl halides is 1. The van der Waals surface area contributed by atoms with Crippen LogP contribution >= 0.6 is 11.6 Å². The Balaban J connectivity index is 2.84. The van der Waals surface area contributed by atoms with E-state index in [-0.39, 0.29) is 17.2 Å². The van der Waals surface area contributed by atoms with Crippen molar-refractivity contribution in [2.24, 2.45) is 0 Å². The number of phenolic OH excluding ortho intramolecular Hbond substituents is 1. The molecule has 18 heavy (non-hydrogen) atoms. The number of nitrogens with one attached hydrogen (secondary N) is 1. The van der Waals surface area contributed by atoms with Crippen LogP contribution in [0.5, 0.6) is 5.75 Å². The van der Waals surface area contributed by atoms with E-state index in [9.17, 15) is 9.90 Å². The zero-order valence-electron chi connectivity index (χ0n) is 11.1. The third kappa shape index (κ3) is 3.64. The highest BCUT2D eigenvalue weighted by molar-refractivity contribution is 6.17. The van der Waals surface area contributed by atoms with Gasteiger partial charge in [0.2, 0.25) is 0 Å². The lowest BCUT2D eigenvalue weighted by molar-refractivity contribution is 0.0901. The number of aromatic hydroxyl groups is 1. The average molecular weight is 270 g/mol. The van der Waals surface area contributed by atoms with Crippen molar-refractivity contribution in [3.05, 3.63) is 29.3 Å². The number of amides is 1. The topological polar surface area (TPSA) is 49.3 Å². The van der Waals surface area contributed by atoms with E-state index in [0.717, 1.165) is 12.0 Å². The Morgan fingerprint density at radius 3 is 2.67 bits per heavy atom. The van der Waals surface area contributed by atoms with Crippen LogP contribution in [0.2, 0.25) is 0 Å². The molecule has 3 nitrogen and oxygen atoms in total. The maximum Gasteiger partial charge on any atom is 0.251 e. The van der Waals surface area contributed by atoms with E-state index < -0.39 is 0 Å². The maximum absolute atomic E-state index is 12.1. The van der Waals surface area contributed by atoms with Gasteiger partial charge in [-0.05, 0) is 44.4 Å². The van der Waals surface area contributed by atoms with Crippen LogP contribution in [0.3, 0.4) is 0 Å². The van der Waals surface area contributed by atoms with E-state index in [1.807, 2.05) is 13.8 Å². The van der Waals surface area contributed by atoms with Gasteiger partial charge in [0.1, 0.15) is 5.75 Å². The van der Waals surface area contributed by atoms with E-state index in [2.05, 4.69) is 5.32 Å². The predicted octanol–water partition coefficient (Wildman–Crippen LogP) is 3.23. The minimum atomic E-state index is -0.306. The Morgan fingerprint density at radius 1 is 1.50 bits per heavy atom. The number of halogens is 1. The largest absolute Gasteiger partial charge is 0.508 e. The second-order valence-corrected chi connectivity index (χ2v) is 5.19. The molecular formula is C14H20ClNO2. The van der Waals surface area contributed by atoms with Crippen LogP contribution in [-0.2, 0) is 0 Å². The summed E-state index contributed by atoms with van der Waals surface area (Å²) in [6.07, 6.45) is 1.53. The lowest BCUT2D eigenvalue weighted by Crippen LogP contribution is -2.45. The normalized spacial score (nSPS) is 14.0. The number of rotatable bonds is 5. The average Bonchev–Trinajstić information content (AvgIpc) is 2.32. The van der Waals surface area contributed by atoms with Crippen molar-refractivity contribution in [2.45, 2.75) is 39.2 Å². The van der Waals surface area contributed by atoms with Crippen molar-refractivity contribution in [3.8, 4) is 5.75 Å². The van der Waals surface area contributed by atoms with Crippen molar-refractivity contribution >= 4 is 17.5 Å². The van der Waals surface area contributed by atoms with E-state index in [4.69, 9.17) is 11.6 Å². The Hall–Kier alpha value is -1.22. The molecule has 0 fully saturated rings. The van der Waals surface area contributed by atoms with Crippen LogP contribution in [0.1, 0.15) is 42.6 Å². The highest BCUT2D eigenvalue weighted by Gasteiger charge is 2.24. The minimum absolute atomic E-state index is 0.137. The first-order valence-electron chi connectivity index (χ1n) is 6.10. The highest BCUT2D eigenvalue weighted by atomic mass is 35.5. The Morgan fingerprint density at radius 2 is 2.17 bits per heavy atom. The van der Waals surface area contributed by atoms with Crippen molar-refractivity contribution in [1.29, 1.82) is 0 Å². The third-order valence-corrected chi connectivity index (χ3v) is 3.50. The number of aryl methyl sites for hydroxylation is 1. The summed E-state index contributed by atoms with van der Waals surface area (Å²) in [4.78, 5) is 12.1. The summed E-state index contributed by atoms with van der Waals surface area (Å²) in [6, 6.07) is 4.93. The Bertz CT molecular complexity index is 434. The van der Waals surface area contributed by atoms with E-state index in [0.29, 0.717) is 17.9 Å². The molecule has 0 saturated carbocycles. The molecule has 1 amide bonds. The van der Waals surface area contributed by atoms with Gasteiger partial charge in [-0.25, -0.2) is 0 Å². The van der Waals surface area contributed by atoms with Gasteiger partial charge in [-0.15, -0.1) is 11.6 Å². The molecular weight excluding hydrogens is 250 g/mol. The van der Waals surface area contributed by atoms with Gasteiger partial charge in [-0.2, -0.15) is 0 Å². The van der Waals surface area contributed by atoms with Crippen LogP contribution in [-0.4, -0.2) is 22.4 Å². The van der Waals surface area contributed by atoms with Gasteiger partial charge >= 0.3 is 0 Å². The van der Waals surface area contributed by atoms with Gasteiger partial charge in [-0.3, -0.25) is 4.79 Å². The first kappa shape index (κ1) is 14.8. The first-order chi connectivity index (χ1) is 8.41. The molecule has 0 aliphatic heterocycles. The molecule has 2 N–H and O–H groups in total. The quantitative estimate of drug-likeness (QED) is 0.807. The zero-order valence-corrected chi connectivity index (χ0v) is 11.8. The summed E-state index contributed by atoms with van der Waals surface area (Å²) in [5.74, 6) is 0.460. The summed E-state index contributed by atoms with van der Waals surface area (Å²) in [5, 5.41) is 12.6. The van der Waals surface area contributed by atoms with Crippen LogP contribution in [0.25, 0.3) is 0 Å². The van der Waals surface area contributed by atoms with Gasteiger partial charge in [0.05, 0.1) is 0 Å². The molecule has 1 aromatic carbocycles. The van der Waals surface area contributed by atoms with Crippen molar-refractivity contribution in [2.75, 3.05) is 5.88 Å². The van der Waals surface area contributed by atoms with Crippen LogP contribution < -0.4 is 5.32 Å². The monoisotopic (exact) mass is 269 g/mol. The second-order valence-electron chi connectivity index (χ2n) is 4.81. The molecule has 1 unspecified atom stereocenters. The standard InChI is InChI=1S/C14H20ClNO2/c1-4-14(3,7-8-15)16-13(18)11-6-5-10(2)12(17)9-11/h5-6,9,17H,4,7-8H2,1-3H3,(H,16,18). The summed E-state index contributed by atoms with van der Waals surface area (Å²) in [5.41, 5.74) is 0.914. The number of benzene rings is 1. The molecule has 0 aliphatic carbocycles. The van der Waals surface area contributed by atoms with E-state index in [1.54, 1.807) is 19.1 Å². The molecule has 4 heteroatoms. The van der Waals surface area contributed by atoms with E-state index >= 15 is 0 Å². The molecule has 0 heterocycles. The number of carbonyl (C=O) groups is 1. The van der Waals surface area contributed by atoms with Gasteiger partial charge in [0, 0.05) is 17.0 Å². The van der Waals surface area contributed by atoms with Crippen LogP contribution in [0, 0.1) is 6.92 Å². The molecule has 100 valence electrons. The number of carbonyl (C=O) groups excluding carboxylic acids is 1. The molecule has 0 aromatic heterocycles. The zero-order chi connectivity index (χ0) is 13.8. The summed E-state index contributed by atoms with van der Waals surface area (Å²) >= 11 is 5.75. The van der Waals surface area contributed by atoms with E-state index in [1.165, 1.54) is 6.07 Å². The third-order valence-electron chi connectivity index (χ3n) is 3.31. The van der Waals surface area contributed by atoms with Crippen molar-refractivity contribution < 1.29 is 9.90 Å². The highest BCUT2D eigenvalue weighted by Crippen LogP contribution is 2.20. The molecule has 1 aromatic rings. The Labute approximate surface area is 113 Å². The van der Waals surface area contributed by atoms with Crippen molar-refractivity contribution in [1.82, 2.24) is 5.32 Å². The second kappa shape index (κ2) is 6.10. The van der Waals surface area contributed by atoms with Gasteiger partial charge in [0.25, 0.3) is 5.91 Å². The number of hydrogen-bond donors (Lipinski definition) is 2.